The van der Waals surface area contributed by atoms with Crippen molar-refractivity contribution in [3.63, 3.8) is 0 Å². The van der Waals surface area contributed by atoms with Crippen molar-refractivity contribution in [3.8, 4) is 11.3 Å². The van der Waals surface area contributed by atoms with Gasteiger partial charge in [-0.2, -0.15) is 4.98 Å². The minimum Gasteiger partial charge on any atom is -0.456 e. The average Bonchev–Trinajstić information content (AvgIpc) is 3.24. The molecule has 8 heteroatoms. The molecule has 1 aromatic carbocycles. The van der Waals surface area contributed by atoms with E-state index in [0.717, 1.165) is 11.3 Å². The van der Waals surface area contributed by atoms with Crippen LogP contribution >= 0.6 is 11.3 Å². The molecule has 0 aliphatic heterocycles. The third-order valence-electron chi connectivity index (χ3n) is 3.41. The second-order valence-electron chi connectivity index (χ2n) is 5.12. The molecule has 6 nitrogen and oxygen atoms in total. The van der Waals surface area contributed by atoms with Gasteiger partial charge in [-0.3, -0.25) is 10.1 Å². The molecule has 0 unspecified atom stereocenters. The Morgan fingerprint density at radius 1 is 1.25 bits per heavy atom. The highest BCUT2D eigenvalue weighted by atomic mass is 32.1. The van der Waals surface area contributed by atoms with Crippen LogP contribution in [0.15, 0.2) is 46.2 Å². The fourth-order valence-corrected chi connectivity index (χ4v) is 3.10. The van der Waals surface area contributed by atoms with Gasteiger partial charge in [0.15, 0.2) is 5.76 Å². The summed E-state index contributed by atoms with van der Waals surface area (Å²) in [5.41, 5.74) is 1.59. The van der Waals surface area contributed by atoms with E-state index in [2.05, 4.69) is 15.4 Å². The Morgan fingerprint density at radius 3 is 2.75 bits per heavy atom. The summed E-state index contributed by atoms with van der Waals surface area (Å²) in [4.78, 5) is 17.0. The lowest BCUT2D eigenvalue weighted by molar-refractivity contribution is 0.0994. The minimum atomic E-state index is -0.412. The summed E-state index contributed by atoms with van der Waals surface area (Å²) in [6.07, 6.45) is 0. The predicted molar refractivity (Wildman–Crippen MR) is 87.7 cm³/mol. The molecule has 0 aliphatic carbocycles. The molecular weight excluding hydrogens is 331 g/mol. The first kappa shape index (κ1) is 14.6. The normalized spacial score (nSPS) is 11.1. The zero-order chi connectivity index (χ0) is 16.7. The van der Waals surface area contributed by atoms with Gasteiger partial charge in [0.2, 0.25) is 4.96 Å². The Balaban J connectivity index is 1.64. The smallest absolute Gasteiger partial charge is 0.293 e. The number of benzene rings is 1. The number of carbonyl (C=O) groups is 1. The number of fused-ring (bicyclic) bond motifs is 1. The van der Waals surface area contributed by atoms with Crippen LogP contribution in [-0.4, -0.2) is 20.5 Å². The fourth-order valence-electron chi connectivity index (χ4n) is 2.27. The molecule has 0 saturated heterocycles. The van der Waals surface area contributed by atoms with Gasteiger partial charge in [-0.1, -0.05) is 0 Å². The molecular formula is C16H11FN4O2S. The van der Waals surface area contributed by atoms with Crippen molar-refractivity contribution >= 4 is 28.2 Å². The van der Waals surface area contributed by atoms with Crippen molar-refractivity contribution in [1.82, 2.24) is 14.6 Å². The van der Waals surface area contributed by atoms with Crippen molar-refractivity contribution in [2.45, 2.75) is 6.92 Å². The number of thiazole rings is 1. The van der Waals surface area contributed by atoms with Crippen LogP contribution in [-0.2, 0) is 0 Å². The van der Waals surface area contributed by atoms with Gasteiger partial charge < -0.3 is 4.42 Å². The summed E-state index contributed by atoms with van der Waals surface area (Å²) in [6.45, 7) is 1.76. The Morgan fingerprint density at radius 2 is 2.04 bits per heavy atom. The number of nitrogens with zero attached hydrogens (tertiary/aromatic N) is 3. The van der Waals surface area contributed by atoms with Gasteiger partial charge >= 0.3 is 0 Å². The Hall–Kier alpha value is -3.00. The topological polar surface area (TPSA) is 72.4 Å². The zero-order valence-corrected chi connectivity index (χ0v) is 13.3. The summed E-state index contributed by atoms with van der Waals surface area (Å²) < 4.78 is 19.9. The predicted octanol–water partition coefficient (Wildman–Crippen LogP) is 3.75. The first-order chi connectivity index (χ1) is 11.6. The maximum absolute atomic E-state index is 13.1. The molecule has 0 spiro atoms. The number of aromatic nitrogens is 3. The van der Waals surface area contributed by atoms with E-state index in [1.165, 1.54) is 23.5 Å². The summed E-state index contributed by atoms with van der Waals surface area (Å²) >= 11 is 1.38. The molecule has 4 rings (SSSR count). The van der Waals surface area contributed by atoms with Gasteiger partial charge in [-0.05, 0) is 43.3 Å². The van der Waals surface area contributed by atoms with Gasteiger partial charge in [0.05, 0.1) is 5.69 Å². The molecule has 3 heterocycles. The number of rotatable bonds is 3. The second kappa shape index (κ2) is 5.57. The molecule has 120 valence electrons. The molecule has 4 aromatic rings. The number of anilines is 1. The van der Waals surface area contributed by atoms with Crippen LogP contribution in [0.5, 0.6) is 0 Å². The third-order valence-corrected chi connectivity index (χ3v) is 4.23. The molecule has 0 saturated carbocycles. The van der Waals surface area contributed by atoms with Crippen molar-refractivity contribution in [1.29, 1.82) is 0 Å². The summed E-state index contributed by atoms with van der Waals surface area (Å²) in [7, 11) is 0. The number of aryl methyl sites for hydroxylation is 1. The van der Waals surface area contributed by atoms with E-state index in [0.29, 0.717) is 10.7 Å². The number of amides is 1. The van der Waals surface area contributed by atoms with Gasteiger partial charge in [0, 0.05) is 10.9 Å². The molecule has 1 amide bonds. The number of hydrogen-bond acceptors (Lipinski definition) is 5. The Labute approximate surface area is 139 Å². The highest BCUT2D eigenvalue weighted by molar-refractivity contribution is 7.15. The summed E-state index contributed by atoms with van der Waals surface area (Å²) in [6, 6.07) is 9.41. The van der Waals surface area contributed by atoms with Crippen molar-refractivity contribution in [2.75, 3.05) is 5.32 Å². The Bertz CT molecular complexity index is 1030. The monoisotopic (exact) mass is 342 g/mol. The quantitative estimate of drug-likeness (QED) is 0.615. The lowest BCUT2D eigenvalue weighted by atomic mass is 10.2. The first-order valence-electron chi connectivity index (χ1n) is 7.08. The van der Waals surface area contributed by atoms with Crippen LogP contribution in [0, 0.1) is 12.7 Å². The number of carbonyl (C=O) groups excluding carboxylic acids is 1. The van der Waals surface area contributed by atoms with E-state index in [9.17, 15) is 9.18 Å². The molecule has 24 heavy (non-hydrogen) atoms. The highest BCUT2D eigenvalue weighted by Crippen LogP contribution is 2.26. The van der Waals surface area contributed by atoms with Crippen LogP contribution < -0.4 is 5.32 Å². The van der Waals surface area contributed by atoms with Gasteiger partial charge in [-0.15, -0.1) is 16.4 Å². The minimum absolute atomic E-state index is 0.185. The van der Waals surface area contributed by atoms with E-state index in [4.69, 9.17) is 4.42 Å². The highest BCUT2D eigenvalue weighted by Gasteiger charge is 2.16. The van der Waals surface area contributed by atoms with E-state index in [1.807, 2.05) is 5.38 Å². The van der Waals surface area contributed by atoms with E-state index >= 15 is 0 Å². The van der Waals surface area contributed by atoms with Crippen molar-refractivity contribution < 1.29 is 13.6 Å². The Kier molecular flexibility index (Phi) is 3.39. The van der Waals surface area contributed by atoms with Crippen molar-refractivity contribution in [2.24, 2.45) is 0 Å². The van der Waals surface area contributed by atoms with Crippen molar-refractivity contribution in [3.05, 3.63) is 59.1 Å². The fraction of sp³-hybridized carbons (Fsp3) is 0.0625. The maximum Gasteiger partial charge on any atom is 0.293 e. The van der Waals surface area contributed by atoms with Crippen LogP contribution in [0.2, 0.25) is 0 Å². The zero-order valence-electron chi connectivity index (χ0n) is 12.5. The molecule has 0 radical (unpaired) electrons. The molecule has 0 fully saturated rings. The third kappa shape index (κ3) is 2.56. The first-order valence-corrected chi connectivity index (χ1v) is 7.96. The van der Waals surface area contributed by atoms with E-state index in [1.54, 1.807) is 35.7 Å². The molecule has 0 bridgehead atoms. The summed E-state index contributed by atoms with van der Waals surface area (Å²) in [5, 5.41) is 8.78. The number of hydrogen-bond donors (Lipinski definition) is 1. The van der Waals surface area contributed by atoms with E-state index < -0.39 is 5.91 Å². The lowest BCUT2D eigenvalue weighted by Gasteiger charge is -1.99. The van der Waals surface area contributed by atoms with Gasteiger partial charge in [-0.25, -0.2) is 8.91 Å². The van der Waals surface area contributed by atoms with Crippen LogP contribution in [0.4, 0.5) is 10.3 Å². The molecule has 0 aliphatic rings. The maximum atomic E-state index is 13.1. The molecule has 3 aromatic heterocycles. The standard InChI is InChI=1S/C16H11FN4O2S/c1-9-2-7-13(23-9)14(22)18-15-19-16-21(20-15)12(8-24-16)10-3-5-11(17)6-4-10/h2-8H,1H3,(H,18,20,22). The lowest BCUT2D eigenvalue weighted by Crippen LogP contribution is -2.12. The molecule has 0 atom stereocenters. The van der Waals surface area contributed by atoms with Gasteiger partial charge in [0.25, 0.3) is 11.9 Å². The largest absolute Gasteiger partial charge is 0.456 e. The average molecular weight is 342 g/mol. The second-order valence-corrected chi connectivity index (χ2v) is 5.96. The van der Waals surface area contributed by atoms with E-state index in [-0.39, 0.29) is 17.5 Å². The van der Waals surface area contributed by atoms with Crippen LogP contribution in [0.25, 0.3) is 16.2 Å². The number of furan rings is 1. The SMILES string of the molecule is Cc1ccc(C(=O)Nc2nc3scc(-c4ccc(F)cc4)n3n2)o1. The van der Waals surface area contributed by atoms with Crippen LogP contribution in [0.1, 0.15) is 16.3 Å². The molecule has 1 N–H and O–H groups in total. The summed E-state index contributed by atoms with van der Waals surface area (Å²) in [5.74, 6) is 0.321. The van der Waals surface area contributed by atoms with Gasteiger partial charge in [0.1, 0.15) is 11.6 Å². The number of halogens is 1. The van der Waals surface area contributed by atoms with Crippen LogP contribution in [0.3, 0.4) is 0 Å². The number of nitrogens with one attached hydrogen (secondary N) is 1.